The lowest BCUT2D eigenvalue weighted by Crippen LogP contribution is -2.45. The van der Waals surface area contributed by atoms with Crippen LogP contribution in [-0.4, -0.2) is 44.0 Å². The molecule has 1 aliphatic heterocycles. The van der Waals surface area contributed by atoms with E-state index in [-0.39, 0.29) is 36.6 Å². The first kappa shape index (κ1) is 30.6. The minimum absolute atomic E-state index is 0. The Labute approximate surface area is 227 Å². The largest absolute Gasteiger partial charge is 0.573 e. The van der Waals surface area contributed by atoms with E-state index >= 15 is 0 Å². The Bertz CT molecular complexity index is 1080. The lowest BCUT2D eigenvalue weighted by molar-refractivity contribution is -0.274. The Morgan fingerprint density at radius 2 is 1.49 bits per heavy atom. The van der Waals surface area contributed by atoms with Gasteiger partial charge < -0.3 is 19.5 Å². The van der Waals surface area contributed by atoms with Crippen LogP contribution in [0.5, 0.6) is 17.2 Å². The minimum Gasteiger partial charge on any atom is -0.490 e. The Balaban J connectivity index is 0.00000241. The van der Waals surface area contributed by atoms with E-state index in [2.05, 4.69) is 15.0 Å². The van der Waals surface area contributed by atoms with Gasteiger partial charge in [-0.25, -0.2) is 0 Å². The number of halogens is 5. The fourth-order valence-electron chi connectivity index (χ4n) is 4.22. The topological polar surface area (TPSA) is 43.0 Å². The van der Waals surface area contributed by atoms with Gasteiger partial charge in [-0.3, -0.25) is 4.90 Å². The van der Waals surface area contributed by atoms with Crippen molar-refractivity contribution < 1.29 is 27.4 Å². The lowest BCUT2D eigenvalue weighted by Gasteiger charge is -2.36. The summed E-state index contributed by atoms with van der Waals surface area (Å²) in [4.78, 5) is 2.31. The van der Waals surface area contributed by atoms with E-state index in [0.717, 1.165) is 42.9 Å². The van der Waals surface area contributed by atoms with Gasteiger partial charge in [-0.1, -0.05) is 48.5 Å². The van der Waals surface area contributed by atoms with Crippen LogP contribution in [0, 0.1) is 0 Å². The van der Waals surface area contributed by atoms with Gasteiger partial charge in [0.25, 0.3) is 0 Å². The number of rotatable bonds is 9. The van der Waals surface area contributed by atoms with Crippen LogP contribution in [0.15, 0.2) is 72.8 Å². The highest BCUT2D eigenvalue weighted by atomic mass is 35.5. The zero-order chi connectivity index (χ0) is 24.7. The number of nitrogens with one attached hydrogen (secondary N) is 1. The summed E-state index contributed by atoms with van der Waals surface area (Å²) in [5, 5.41) is 3.35. The molecule has 0 amide bonds. The predicted molar refractivity (Wildman–Crippen MR) is 142 cm³/mol. The van der Waals surface area contributed by atoms with E-state index in [9.17, 15) is 13.2 Å². The van der Waals surface area contributed by atoms with Crippen LogP contribution in [-0.2, 0) is 6.61 Å². The molecular formula is C27H31Cl2F3N2O3. The van der Waals surface area contributed by atoms with E-state index in [4.69, 9.17) is 9.47 Å². The molecule has 0 spiro atoms. The van der Waals surface area contributed by atoms with Crippen molar-refractivity contribution in [3.63, 3.8) is 0 Å². The first-order valence-corrected chi connectivity index (χ1v) is 11.7. The predicted octanol–water partition coefficient (Wildman–Crippen LogP) is 6.40. The molecule has 1 saturated heterocycles. The number of hydrogen-bond donors (Lipinski definition) is 1. The van der Waals surface area contributed by atoms with Gasteiger partial charge in [0.05, 0.1) is 12.6 Å². The van der Waals surface area contributed by atoms with E-state index in [1.54, 1.807) is 12.1 Å². The zero-order valence-electron chi connectivity index (χ0n) is 20.4. The monoisotopic (exact) mass is 558 g/mol. The average molecular weight is 559 g/mol. The molecule has 1 aliphatic rings. The Morgan fingerprint density at radius 1 is 0.838 bits per heavy atom. The number of piperazine rings is 1. The van der Waals surface area contributed by atoms with Crippen molar-refractivity contribution >= 4 is 24.8 Å². The molecule has 0 saturated carbocycles. The number of nitrogens with zero attached hydrogens (tertiary/aromatic N) is 1. The van der Waals surface area contributed by atoms with Gasteiger partial charge in [-0.15, -0.1) is 38.0 Å². The first-order chi connectivity index (χ1) is 16.9. The fourth-order valence-corrected chi connectivity index (χ4v) is 4.22. The van der Waals surface area contributed by atoms with E-state index < -0.39 is 6.36 Å². The van der Waals surface area contributed by atoms with Gasteiger partial charge in [0, 0.05) is 26.2 Å². The third kappa shape index (κ3) is 8.71. The van der Waals surface area contributed by atoms with Crippen LogP contribution in [0.3, 0.4) is 0 Å². The second-order valence-electron chi connectivity index (χ2n) is 8.22. The van der Waals surface area contributed by atoms with Crippen molar-refractivity contribution in [2.45, 2.75) is 25.9 Å². The number of benzene rings is 3. The standard InChI is InChI=1S/C27H29F3N2O3.2ClH/c1-2-33-25-18-22(10-13-24(25)34-19-20-6-4-3-5-7-20)26(32-16-14-31-15-17-32)21-8-11-23(12-9-21)35-27(28,29)30;;/h3-13,18,26,31H,2,14-17,19H2,1H3;2*1H/t26-;;/m0../s1. The Morgan fingerprint density at radius 3 is 2.11 bits per heavy atom. The summed E-state index contributed by atoms with van der Waals surface area (Å²) in [6.45, 7) is 6.10. The Hall–Kier alpha value is -2.65. The van der Waals surface area contributed by atoms with Crippen LogP contribution in [0.2, 0.25) is 0 Å². The molecule has 1 atom stereocenters. The second kappa shape index (κ2) is 14.3. The van der Waals surface area contributed by atoms with Gasteiger partial charge in [-0.05, 0) is 47.9 Å². The molecule has 0 radical (unpaired) electrons. The molecule has 10 heteroatoms. The van der Waals surface area contributed by atoms with Crippen LogP contribution >= 0.6 is 24.8 Å². The first-order valence-electron chi connectivity index (χ1n) is 11.7. The molecule has 1 N–H and O–H groups in total. The molecule has 1 heterocycles. The smallest absolute Gasteiger partial charge is 0.490 e. The molecule has 37 heavy (non-hydrogen) atoms. The van der Waals surface area contributed by atoms with Crippen molar-refractivity contribution in [3.05, 3.63) is 89.5 Å². The number of alkyl halides is 3. The maximum Gasteiger partial charge on any atom is 0.573 e. The third-order valence-electron chi connectivity index (χ3n) is 5.77. The zero-order valence-corrected chi connectivity index (χ0v) is 22.0. The van der Waals surface area contributed by atoms with Crippen molar-refractivity contribution in [1.82, 2.24) is 10.2 Å². The van der Waals surface area contributed by atoms with Gasteiger partial charge in [0.15, 0.2) is 11.5 Å². The SMILES string of the molecule is CCOc1cc([C@H](c2ccc(OC(F)(F)F)cc2)N2CCNCC2)ccc1OCc1ccccc1.Cl.Cl. The summed E-state index contributed by atoms with van der Waals surface area (Å²) in [5.41, 5.74) is 2.91. The summed E-state index contributed by atoms with van der Waals surface area (Å²) in [6, 6.07) is 21.7. The molecule has 3 aromatic carbocycles. The van der Waals surface area contributed by atoms with Crippen molar-refractivity contribution in [2.24, 2.45) is 0 Å². The Kier molecular flexibility index (Phi) is 11.8. The van der Waals surface area contributed by atoms with E-state index in [1.165, 1.54) is 12.1 Å². The van der Waals surface area contributed by atoms with Crippen molar-refractivity contribution in [3.8, 4) is 17.2 Å². The second-order valence-corrected chi connectivity index (χ2v) is 8.22. The molecule has 4 rings (SSSR count). The normalized spacial score (nSPS) is 14.6. The molecule has 0 aromatic heterocycles. The number of ether oxygens (including phenoxy) is 3. The molecule has 0 unspecified atom stereocenters. The maximum atomic E-state index is 12.6. The van der Waals surface area contributed by atoms with Crippen LogP contribution in [0.4, 0.5) is 13.2 Å². The summed E-state index contributed by atoms with van der Waals surface area (Å²) in [5.74, 6) is 1.05. The number of hydrogen-bond acceptors (Lipinski definition) is 5. The lowest BCUT2D eigenvalue weighted by atomic mass is 9.96. The third-order valence-corrected chi connectivity index (χ3v) is 5.77. The highest BCUT2D eigenvalue weighted by molar-refractivity contribution is 5.85. The molecule has 0 aliphatic carbocycles. The van der Waals surface area contributed by atoms with Gasteiger partial charge in [0.2, 0.25) is 0 Å². The van der Waals surface area contributed by atoms with E-state index in [0.29, 0.717) is 24.7 Å². The summed E-state index contributed by atoms with van der Waals surface area (Å²) >= 11 is 0. The quantitative estimate of drug-likeness (QED) is 0.329. The highest BCUT2D eigenvalue weighted by Crippen LogP contribution is 2.37. The van der Waals surface area contributed by atoms with E-state index in [1.807, 2.05) is 55.5 Å². The molecular weight excluding hydrogens is 528 g/mol. The van der Waals surface area contributed by atoms with Crippen LogP contribution in [0.1, 0.15) is 29.7 Å². The van der Waals surface area contributed by atoms with Crippen molar-refractivity contribution in [1.29, 1.82) is 0 Å². The average Bonchev–Trinajstić information content (AvgIpc) is 2.85. The van der Waals surface area contributed by atoms with Gasteiger partial charge in [-0.2, -0.15) is 0 Å². The molecule has 1 fully saturated rings. The highest BCUT2D eigenvalue weighted by Gasteiger charge is 2.31. The molecule has 5 nitrogen and oxygen atoms in total. The molecule has 0 bridgehead atoms. The molecule has 3 aromatic rings. The summed E-state index contributed by atoms with van der Waals surface area (Å²) in [7, 11) is 0. The maximum absolute atomic E-state index is 12.6. The minimum atomic E-state index is -4.72. The molecule has 202 valence electrons. The van der Waals surface area contributed by atoms with Crippen LogP contribution < -0.4 is 19.5 Å². The van der Waals surface area contributed by atoms with Crippen LogP contribution in [0.25, 0.3) is 0 Å². The van der Waals surface area contributed by atoms with Crippen molar-refractivity contribution in [2.75, 3.05) is 32.8 Å². The summed E-state index contributed by atoms with van der Waals surface area (Å²) < 4.78 is 53.9. The summed E-state index contributed by atoms with van der Waals surface area (Å²) in [6.07, 6.45) is -4.72. The fraction of sp³-hybridized carbons (Fsp3) is 0.333. The van der Waals surface area contributed by atoms with Gasteiger partial charge >= 0.3 is 6.36 Å². The van der Waals surface area contributed by atoms with Gasteiger partial charge in [0.1, 0.15) is 12.4 Å².